The van der Waals surface area contributed by atoms with Crippen LogP contribution < -0.4 is 17.2 Å². The van der Waals surface area contributed by atoms with Crippen LogP contribution in [0.5, 0.6) is 0 Å². The van der Waals surface area contributed by atoms with Crippen molar-refractivity contribution in [1.82, 2.24) is 0 Å². The number of benzene rings is 2. The molecule has 2 aromatic carbocycles. The highest BCUT2D eigenvalue weighted by Gasteiger charge is 1.97. The molecule has 0 bridgehead atoms. The zero-order valence-corrected chi connectivity index (χ0v) is 10.2. The third kappa shape index (κ3) is 4.91. The normalized spacial score (nSPS) is 9.05. The number of nitrogens with two attached hydrogens (primary N) is 3. The molecule has 0 atom stereocenters. The Kier molecular flexibility index (Phi) is 5.10. The van der Waals surface area contributed by atoms with Crippen molar-refractivity contribution in [2.45, 2.75) is 0 Å². The van der Waals surface area contributed by atoms with E-state index in [1.54, 1.807) is 48.5 Å². The molecule has 2 rings (SSSR count). The summed E-state index contributed by atoms with van der Waals surface area (Å²) in [6.45, 7) is 0. The predicted octanol–water partition coefficient (Wildman–Crippen LogP) is 1.15. The molecule has 0 aromatic heterocycles. The molecule has 0 fully saturated rings. The Morgan fingerprint density at radius 3 is 1.63 bits per heavy atom. The summed E-state index contributed by atoms with van der Waals surface area (Å²) in [5, 5.41) is 0. The lowest BCUT2D eigenvalue weighted by Gasteiger charge is -1.94. The number of anilines is 1. The number of nitrogen functional groups attached to an aromatic ring is 1. The number of hydrogen-bond acceptors (Lipinski definition) is 3. The summed E-state index contributed by atoms with van der Waals surface area (Å²) in [5.74, 6) is -0.831. The Labute approximate surface area is 111 Å². The third-order valence-electron chi connectivity index (χ3n) is 2.23. The van der Waals surface area contributed by atoms with Crippen LogP contribution in [-0.4, -0.2) is 11.8 Å². The molecule has 0 spiro atoms. The lowest BCUT2D eigenvalue weighted by molar-refractivity contribution is 0.0992. The fraction of sp³-hybridized carbons (Fsp3) is 0. The van der Waals surface area contributed by atoms with Gasteiger partial charge in [-0.1, -0.05) is 24.3 Å². The average Bonchev–Trinajstić information content (AvgIpc) is 2.40. The Morgan fingerprint density at radius 2 is 1.26 bits per heavy atom. The second-order valence-corrected chi connectivity index (χ2v) is 3.72. The van der Waals surface area contributed by atoms with Crippen LogP contribution >= 0.6 is 0 Å². The van der Waals surface area contributed by atoms with Crippen LogP contribution in [0.15, 0.2) is 54.6 Å². The molecule has 0 aliphatic heterocycles. The maximum atomic E-state index is 10.5. The van der Waals surface area contributed by atoms with Gasteiger partial charge in [0.2, 0.25) is 11.8 Å². The molecule has 5 heteroatoms. The van der Waals surface area contributed by atoms with Crippen LogP contribution in [-0.2, 0) is 0 Å². The van der Waals surface area contributed by atoms with E-state index in [9.17, 15) is 9.59 Å². The second kappa shape index (κ2) is 6.80. The smallest absolute Gasteiger partial charge is 0.248 e. The number of carbonyl (C=O) groups is 2. The molecule has 5 nitrogen and oxygen atoms in total. The Morgan fingerprint density at radius 1 is 0.737 bits per heavy atom. The van der Waals surface area contributed by atoms with Crippen LogP contribution in [0.4, 0.5) is 5.69 Å². The summed E-state index contributed by atoms with van der Waals surface area (Å²) in [5.41, 5.74) is 16.9. The molecular formula is C14H15N3O2. The number of primary amides is 2. The second-order valence-electron chi connectivity index (χ2n) is 3.72. The third-order valence-corrected chi connectivity index (χ3v) is 2.23. The van der Waals surface area contributed by atoms with Gasteiger partial charge < -0.3 is 17.2 Å². The molecule has 0 radical (unpaired) electrons. The van der Waals surface area contributed by atoms with Crippen molar-refractivity contribution in [3.63, 3.8) is 0 Å². The van der Waals surface area contributed by atoms with E-state index in [2.05, 4.69) is 0 Å². The first kappa shape index (κ1) is 14.2. The minimum atomic E-state index is -0.452. The molecule has 2 amide bonds. The Bertz CT molecular complexity index is 568. The van der Waals surface area contributed by atoms with Crippen LogP contribution in [0, 0.1) is 0 Å². The first-order valence-electron chi connectivity index (χ1n) is 5.51. The highest BCUT2D eigenvalue weighted by atomic mass is 16.1. The monoisotopic (exact) mass is 257 g/mol. The molecular weight excluding hydrogens is 242 g/mol. The number of amides is 2. The van der Waals surface area contributed by atoms with Gasteiger partial charge in [-0.15, -0.1) is 0 Å². The summed E-state index contributed by atoms with van der Waals surface area (Å²) in [6, 6.07) is 15.3. The van der Waals surface area contributed by atoms with Gasteiger partial charge in [-0.2, -0.15) is 0 Å². The fourth-order valence-electron chi connectivity index (χ4n) is 1.29. The lowest BCUT2D eigenvalue weighted by Crippen LogP contribution is -2.10. The largest absolute Gasteiger partial charge is 0.399 e. The summed E-state index contributed by atoms with van der Waals surface area (Å²) < 4.78 is 0. The van der Waals surface area contributed by atoms with Crippen molar-refractivity contribution >= 4 is 17.5 Å². The van der Waals surface area contributed by atoms with Crippen molar-refractivity contribution in [2.75, 3.05) is 5.73 Å². The predicted molar refractivity (Wildman–Crippen MR) is 74.3 cm³/mol. The molecule has 6 N–H and O–H groups in total. The number of carbonyl (C=O) groups excluding carboxylic acids is 2. The van der Waals surface area contributed by atoms with E-state index < -0.39 is 5.91 Å². The van der Waals surface area contributed by atoms with Gasteiger partial charge in [0.05, 0.1) is 0 Å². The Balaban J connectivity index is 0.000000191. The Hall–Kier alpha value is -2.82. The zero-order valence-electron chi connectivity index (χ0n) is 10.2. The molecule has 0 aliphatic rings. The first-order chi connectivity index (χ1) is 9.00. The van der Waals surface area contributed by atoms with Crippen molar-refractivity contribution in [2.24, 2.45) is 11.5 Å². The first-order valence-corrected chi connectivity index (χ1v) is 5.51. The van der Waals surface area contributed by atoms with Gasteiger partial charge in [0.1, 0.15) is 0 Å². The summed E-state index contributed by atoms with van der Waals surface area (Å²) in [4.78, 5) is 20.9. The van der Waals surface area contributed by atoms with E-state index in [1.807, 2.05) is 6.07 Å². The zero-order chi connectivity index (χ0) is 14.3. The lowest BCUT2D eigenvalue weighted by atomic mass is 10.2. The average molecular weight is 257 g/mol. The number of rotatable bonds is 2. The fourth-order valence-corrected chi connectivity index (χ4v) is 1.29. The van der Waals surface area contributed by atoms with Crippen LogP contribution in [0.25, 0.3) is 0 Å². The van der Waals surface area contributed by atoms with E-state index in [0.717, 1.165) is 0 Å². The van der Waals surface area contributed by atoms with E-state index in [0.29, 0.717) is 16.8 Å². The van der Waals surface area contributed by atoms with Gasteiger partial charge >= 0.3 is 0 Å². The standard InChI is InChI=1S/C7H8N2O.C7H7NO/c8-6-3-1-2-5(4-6)7(9)10;8-7(9)6-4-2-1-3-5-6/h1-4H,8H2,(H2,9,10);1-5H,(H2,8,9). The van der Waals surface area contributed by atoms with Gasteiger partial charge in [-0.3, -0.25) is 9.59 Å². The minimum Gasteiger partial charge on any atom is -0.399 e. The van der Waals surface area contributed by atoms with Gasteiger partial charge in [0.15, 0.2) is 0 Å². The van der Waals surface area contributed by atoms with Crippen molar-refractivity contribution in [3.8, 4) is 0 Å². The maximum Gasteiger partial charge on any atom is 0.248 e. The molecule has 0 heterocycles. The summed E-state index contributed by atoms with van der Waals surface area (Å²) in [7, 11) is 0. The quantitative estimate of drug-likeness (QED) is 0.701. The van der Waals surface area contributed by atoms with Gasteiger partial charge in [-0.05, 0) is 30.3 Å². The van der Waals surface area contributed by atoms with Gasteiger partial charge in [-0.25, -0.2) is 0 Å². The molecule has 98 valence electrons. The topological polar surface area (TPSA) is 112 Å². The summed E-state index contributed by atoms with van der Waals surface area (Å²) >= 11 is 0. The number of hydrogen-bond donors (Lipinski definition) is 3. The molecule has 0 unspecified atom stereocenters. The van der Waals surface area contributed by atoms with Crippen LogP contribution in [0.3, 0.4) is 0 Å². The van der Waals surface area contributed by atoms with Crippen molar-refractivity contribution in [3.05, 3.63) is 65.7 Å². The van der Waals surface area contributed by atoms with Crippen LogP contribution in [0.1, 0.15) is 20.7 Å². The van der Waals surface area contributed by atoms with E-state index in [1.165, 1.54) is 0 Å². The van der Waals surface area contributed by atoms with E-state index in [4.69, 9.17) is 17.2 Å². The summed E-state index contributed by atoms with van der Waals surface area (Å²) in [6.07, 6.45) is 0. The highest BCUT2D eigenvalue weighted by molar-refractivity contribution is 5.93. The maximum absolute atomic E-state index is 10.5. The van der Waals surface area contributed by atoms with Gasteiger partial charge in [0, 0.05) is 16.8 Å². The van der Waals surface area contributed by atoms with Crippen molar-refractivity contribution in [1.29, 1.82) is 0 Å². The molecule has 19 heavy (non-hydrogen) atoms. The molecule has 0 saturated heterocycles. The van der Waals surface area contributed by atoms with Gasteiger partial charge in [0.25, 0.3) is 0 Å². The SMILES string of the molecule is NC(=O)c1cccc(N)c1.NC(=O)c1ccccc1. The van der Waals surface area contributed by atoms with E-state index >= 15 is 0 Å². The van der Waals surface area contributed by atoms with Crippen LogP contribution in [0.2, 0.25) is 0 Å². The highest BCUT2D eigenvalue weighted by Crippen LogP contribution is 2.04. The minimum absolute atomic E-state index is 0.379. The molecule has 0 aliphatic carbocycles. The van der Waals surface area contributed by atoms with E-state index in [-0.39, 0.29) is 5.91 Å². The molecule has 2 aromatic rings. The van der Waals surface area contributed by atoms with Crippen molar-refractivity contribution < 1.29 is 9.59 Å². The molecule has 0 saturated carbocycles.